The van der Waals surface area contributed by atoms with Gasteiger partial charge in [0.2, 0.25) is 0 Å². The fourth-order valence-corrected chi connectivity index (χ4v) is 2.54. The Bertz CT molecular complexity index is 321. The Morgan fingerprint density at radius 3 is 3.00 bits per heavy atom. The quantitative estimate of drug-likeness (QED) is 0.805. The smallest absolute Gasteiger partial charge is 0.142 e. The molecular formula is C10H17N3S. The summed E-state index contributed by atoms with van der Waals surface area (Å²) in [5.74, 6) is 1.55. The summed E-state index contributed by atoms with van der Waals surface area (Å²) in [4.78, 5) is 0. The minimum Gasteiger partial charge on any atom is -0.383 e. The molecule has 0 amide bonds. The molecule has 1 aromatic rings. The summed E-state index contributed by atoms with van der Waals surface area (Å²) in [6, 6.07) is 0.675. The number of hydrogen-bond acceptors (Lipinski definition) is 4. The van der Waals surface area contributed by atoms with Crippen molar-refractivity contribution in [2.45, 2.75) is 39.2 Å². The molecule has 78 valence electrons. The molecule has 14 heavy (non-hydrogen) atoms. The van der Waals surface area contributed by atoms with Gasteiger partial charge in [-0.3, -0.25) is 0 Å². The van der Waals surface area contributed by atoms with Gasteiger partial charge in [-0.05, 0) is 37.2 Å². The molecule has 2 unspecified atom stereocenters. The zero-order valence-electron chi connectivity index (χ0n) is 8.71. The number of aromatic nitrogens is 1. The zero-order valence-corrected chi connectivity index (χ0v) is 9.53. The standard InChI is InChI=1S/C10H17N3S/c1-3-4-7-5-8(7)12-10-6(2)9(11)13-14-10/h7-8,12H,3-5H2,1-2H3,(H2,11,13). The fourth-order valence-electron chi connectivity index (χ4n) is 1.77. The molecule has 0 bridgehead atoms. The van der Waals surface area contributed by atoms with Gasteiger partial charge in [-0.25, -0.2) is 0 Å². The third kappa shape index (κ3) is 1.85. The van der Waals surface area contributed by atoms with E-state index in [0.29, 0.717) is 11.9 Å². The molecule has 4 heteroatoms. The van der Waals surface area contributed by atoms with Crippen LogP contribution < -0.4 is 11.1 Å². The van der Waals surface area contributed by atoms with Crippen LogP contribution in [0.4, 0.5) is 10.8 Å². The number of rotatable bonds is 4. The number of nitrogens with one attached hydrogen (secondary N) is 1. The SMILES string of the molecule is CCCC1CC1Nc1snc(N)c1C. The Morgan fingerprint density at radius 1 is 1.64 bits per heavy atom. The predicted molar refractivity (Wildman–Crippen MR) is 61.7 cm³/mol. The molecule has 0 saturated heterocycles. The topological polar surface area (TPSA) is 50.9 Å². The van der Waals surface area contributed by atoms with Gasteiger partial charge in [-0.2, -0.15) is 4.37 Å². The Kier molecular flexibility index (Phi) is 2.63. The molecule has 2 atom stereocenters. The van der Waals surface area contributed by atoms with Gasteiger partial charge in [-0.1, -0.05) is 13.3 Å². The molecule has 1 aromatic heterocycles. The maximum atomic E-state index is 5.69. The molecule has 3 N–H and O–H groups in total. The molecule has 3 nitrogen and oxygen atoms in total. The first kappa shape index (κ1) is 9.77. The maximum Gasteiger partial charge on any atom is 0.142 e. The molecule has 1 heterocycles. The van der Waals surface area contributed by atoms with Crippen LogP contribution >= 0.6 is 11.5 Å². The highest BCUT2D eigenvalue weighted by Crippen LogP contribution is 2.39. The fraction of sp³-hybridized carbons (Fsp3) is 0.700. The van der Waals surface area contributed by atoms with Crippen LogP contribution in [0, 0.1) is 12.8 Å². The van der Waals surface area contributed by atoms with Crippen LogP contribution in [0.25, 0.3) is 0 Å². The number of anilines is 2. The third-order valence-electron chi connectivity index (χ3n) is 2.86. The number of hydrogen-bond donors (Lipinski definition) is 2. The first-order chi connectivity index (χ1) is 6.72. The average molecular weight is 211 g/mol. The molecular weight excluding hydrogens is 194 g/mol. The van der Waals surface area contributed by atoms with E-state index >= 15 is 0 Å². The van der Waals surface area contributed by atoms with E-state index in [2.05, 4.69) is 16.6 Å². The first-order valence-electron chi connectivity index (χ1n) is 5.20. The van der Waals surface area contributed by atoms with Gasteiger partial charge < -0.3 is 11.1 Å². The van der Waals surface area contributed by atoms with E-state index in [4.69, 9.17) is 5.73 Å². The monoisotopic (exact) mass is 211 g/mol. The largest absolute Gasteiger partial charge is 0.383 e. The predicted octanol–water partition coefficient (Wildman–Crippen LogP) is 2.63. The molecule has 1 saturated carbocycles. The lowest BCUT2D eigenvalue weighted by Gasteiger charge is -2.02. The lowest BCUT2D eigenvalue weighted by molar-refractivity contribution is 0.693. The lowest BCUT2D eigenvalue weighted by atomic mass is 10.2. The Labute approximate surface area is 88.9 Å². The number of nitrogens with two attached hydrogens (primary N) is 1. The van der Waals surface area contributed by atoms with Crippen molar-refractivity contribution in [2.75, 3.05) is 11.1 Å². The Hall–Kier alpha value is -0.770. The second kappa shape index (κ2) is 3.77. The summed E-state index contributed by atoms with van der Waals surface area (Å²) in [6.45, 7) is 4.27. The van der Waals surface area contributed by atoms with Crippen molar-refractivity contribution < 1.29 is 0 Å². The normalized spacial score (nSPS) is 25.0. The minimum atomic E-state index is 0.671. The summed E-state index contributed by atoms with van der Waals surface area (Å²) >= 11 is 1.48. The van der Waals surface area contributed by atoms with E-state index in [1.807, 2.05) is 6.92 Å². The number of nitrogens with zero attached hydrogens (tertiary/aromatic N) is 1. The van der Waals surface area contributed by atoms with Crippen molar-refractivity contribution in [1.82, 2.24) is 4.37 Å². The van der Waals surface area contributed by atoms with Gasteiger partial charge in [0.25, 0.3) is 0 Å². The van der Waals surface area contributed by atoms with Gasteiger partial charge in [0.1, 0.15) is 10.8 Å². The highest BCUT2D eigenvalue weighted by atomic mass is 32.1. The maximum absolute atomic E-state index is 5.69. The van der Waals surface area contributed by atoms with E-state index < -0.39 is 0 Å². The molecule has 1 aliphatic rings. The molecule has 0 radical (unpaired) electrons. The summed E-state index contributed by atoms with van der Waals surface area (Å²) in [6.07, 6.45) is 3.93. The number of nitrogen functional groups attached to an aromatic ring is 1. The third-order valence-corrected chi connectivity index (χ3v) is 3.75. The zero-order chi connectivity index (χ0) is 10.1. The molecule has 0 aromatic carbocycles. The second-order valence-electron chi connectivity index (χ2n) is 4.06. The van der Waals surface area contributed by atoms with Crippen LogP contribution in [0.5, 0.6) is 0 Å². The van der Waals surface area contributed by atoms with Crippen molar-refractivity contribution in [3.05, 3.63) is 5.56 Å². The summed E-state index contributed by atoms with van der Waals surface area (Å²) in [7, 11) is 0. The van der Waals surface area contributed by atoms with Crippen LogP contribution in [0.3, 0.4) is 0 Å². The van der Waals surface area contributed by atoms with E-state index in [1.54, 1.807) is 0 Å². The molecule has 2 rings (SSSR count). The van der Waals surface area contributed by atoms with Gasteiger partial charge >= 0.3 is 0 Å². The molecule has 1 fully saturated rings. The van der Waals surface area contributed by atoms with Gasteiger partial charge in [0, 0.05) is 11.6 Å². The van der Waals surface area contributed by atoms with Crippen molar-refractivity contribution in [2.24, 2.45) is 5.92 Å². The van der Waals surface area contributed by atoms with E-state index in [1.165, 1.54) is 30.8 Å². The van der Waals surface area contributed by atoms with Crippen LogP contribution in [-0.4, -0.2) is 10.4 Å². The average Bonchev–Trinajstić information content (AvgIpc) is 2.82. The highest BCUT2D eigenvalue weighted by molar-refractivity contribution is 7.10. The van der Waals surface area contributed by atoms with Crippen molar-refractivity contribution in [3.8, 4) is 0 Å². The van der Waals surface area contributed by atoms with E-state index in [9.17, 15) is 0 Å². The van der Waals surface area contributed by atoms with E-state index in [0.717, 1.165) is 16.5 Å². The van der Waals surface area contributed by atoms with Crippen LogP contribution in [0.15, 0.2) is 0 Å². The van der Waals surface area contributed by atoms with Crippen molar-refractivity contribution in [1.29, 1.82) is 0 Å². The Balaban J connectivity index is 1.90. The summed E-state index contributed by atoms with van der Waals surface area (Å²) in [5.41, 5.74) is 6.80. The van der Waals surface area contributed by atoms with E-state index in [-0.39, 0.29) is 0 Å². The lowest BCUT2D eigenvalue weighted by Crippen LogP contribution is -2.04. The van der Waals surface area contributed by atoms with Crippen LogP contribution in [0.1, 0.15) is 31.7 Å². The Morgan fingerprint density at radius 2 is 2.43 bits per heavy atom. The van der Waals surface area contributed by atoms with Gasteiger partial charge in [-0.15, -0.1) is 0 Å². The van der Waals surface area contributed by atoms with Crippen molar-refractivity contribution in [3.63, 3.8) is 0 Å². The first-order valence-corrected chi connectivity index (χ1v) is 5.98. The second-order valence-corrected chi connectivity index (χ2v) is 4.83. The van der Waals surface area contributed by atoms with Crippen LogP contribution in [-0.2, 0) is 0 Å². The summed E-state index contributed by atoms with van der Waals surface area (Å²) < 4.78 is 4.12. The van der Waals surface area contributed by atoms with Crippen molar-refractivity contribution >= 4 is 22.4 Å². The van der Waals surface area contributed by atoms with Gasteiger partial charge in [0.15, 0.2) is 0 Å². The van der Waals surface area contributed by atoms with Crippen LogP contribution in [0.2, 0.25) is 0 Å². The molecule has 0 spiro atoms. The summed E-state index contributed by atoms with van der Waals surface area (Å²) in [5, 5.41) is 4.67. The molecule has 0 aliphatic heterocycles. The highest BCUT2D eigenvalue weighted by Gasteiger charge is 2.36. The van der Waals surface area contributed by atoms with Gasteiger partial charge in [0.05, 0.1) is 0 Å². The molecule has 1 aliphatic carbocycles. The minimum absolute atomic E-state index is 0.671.